The van der Waals surface area contributed by atoms with Crippen LogP contribution in [0.1, 0.15) is 43.4 Å². The second-order valence-electron chi connectivity index (χ2n) is 9.32. The second kappa shape index (κ2) is 13.2. The van der Waals surface area contributed by atoms with E-state index in [0.717, 1.165) is 27.4 Å². The first-order chi connectivity index (χ1) is 18.2. The van der Waals surface area contributed by atoms with E-state index in [2.05, 4.69) is 5.32 Å². The van der Waals surface area contributed by atoms with Gasteiger partial charge < -0.3 is 10.2 Å². The van der Waals surface area contributed by atoms with Crippen LogP contribution in [0.25, 0.3) is 0 Å². The van der Waals surface area contributed by atoms with Gasteiger partial charge in [-0.2, -0.15) is 0 Å². The molecule has 0 spiro atoms. The molecule has 0 aliphatic heterocycles. The van der Waals surface area contributed by atoms with Gasteiger partial charge in [0.2, 0.25) is 11.8 Å². The maximum atomic E-state index is 14.0. The fourth-order valence-corrected chi connectivity index (χ4v) is 5.62. The molecule has 0 heterocycles. The van der Waals surface area contributed by atoms with Crippen molar-refractivity contribution < 1.29 is 18.0 Å². The second-order valence-corrected chi connectivity index (χ2v) is 11.2. The molecule has 0 aliphatic rings. The molecule has 0 aromatic heterocycles. The van der Waals surface area contributed by atoms with Crippen molar-refractivity contribution in [2.24, 2.45) is 0 Å². The predicted octanol–water partition coefficient (Wildman–Crippen LogP) is 4.83. The standard InChI is InChI=1S/C30H37N3O4S/c1-5-19-31-30(35)28(6-2)32(21-25-13-9-7-10-14-25)29(34)22-33(26-18-17-23(3)24(4)20-26)38(36,37)27-15-11-8-12-16-27/h7-18,20,28H,5-6,19,21-22H2,1-4H3,(H,31,35)/t28-/m0/s1. The van der Waals surface area contributed by atoms with Gasteiger partial charge in [0.15, 0.2) is 0 Å². The Bertz CT molecular complexity index is 1330. The highest BCUT2D eigenvalue weighted by Crippen LogP contribution is 2.26. The molecule has 2 amide bonds. The molecule has 3 rings (SSSR count). The van der Waals surface area contributed by atoms with E-state index in [9.17, 15) is 18.0 Å². The van der Waals surface area contributed by atoms with Crippen molar-refractivity contribution in [2.45, 2.75) is 58.0 Å². The van der Waals surface area contributed by atoms with Crippen LogP contribution < -0.4 is 9.62 Å². The van der Waals surface area contributed by atoms with Crippen molar-refractivity contribution in [2.75, 3.05) is 17.4 Å². The van der Waals surface area contributed by atoms with Gasteiger partial charge in [-0.25, -0.2) is 8.42 Å². The Morgan fingerprint density at radius 3 is 2.08 bits per heavy atom. The molecule has 0 aliphatic carbocycles. The summed E-state index contributed by atoms with van der Waals surface area (Å²) in [5.41, 5.74) is 3.18. The number of hydrogen-bond donors (Lipinski definition) is 1. The average Bonchev–Trinajstić information content (AvgIpc) is 2.92. The zero-order valence-corrected chi connectivity index (χ0v) is 23.4. The topological polar surface area (TPSA) is 86.8 Å². The van der Waals surface area contributed by atoms with Crippen LogP contribution in [0.4, 0.5) is 5.69 Å². The highest BCUT2D eigenvalue weighted by atomic mass is 32.2. The first kappa shape index (κ1) is 28.9. The summed E-state index contributed by atoms with van der Waals surface area (Å²) >= 11 is 0. The summed E-state index contributed by atoms with van der Waals surface area (Å²) in [6.45, 7) is 7.91. The number of benzene rings is 3. The third-order valence-electron chi connectivity index (χ3n) is 6.52. The molecule has 1 atom stereocenters. The van der Waals surface area contributed by atoms with E-state index in [1.807, 2.05) is 64.1 Å². The van der Waals surface area contributed by atoms with E-state index in [0.29, 0.717) is 18.7 Å². The number of carbonyl (C=O) groups excluding carboxylic acids is 2. The maximum absolute atomic E-state index is 14.0. The number of carbonyl (C=O) groups is 2. The van der Waals surface area contributed by atoms with Crippen LogP contribution in [0.3, 0.4) is 0 Å². The fourth-order valence-electron chi connectivity index (χ4n) is 4.19. The third-order valence-corrected chi connectivity index (χ3v) is 8.31. The molecule has 3 aromatic rings. The highest BCUT2D eigenvalue weighted by Gasteiger charge is 2.33. The molecule has 0 saturated carbocycles. The van der Waals surface area contributed by atoms with Gasteiger partial charge >= 0.3 is 0 Å². The van der Waals surface area contributed by atoms with Crippen molar-refractivity contribution in [1.29, 1.82) is 0 Å². The monoisotopic (exact) mass is 535 g/mol. The van der Waals surface area contributed by atoms with Crippen molar-refractivity contribution in [3.8, 4) is 0 Å². The molecular formula is C30H37N3O4S. The normalized spacial score (nSPS) is 12.0. The quantitative estimate of drug-likeness (QED) is 0.360. The molecule has 7 nitrogen and oxygen atoms in total. The van der Waals surface area contributed by atoms with Gasteiger partial charge in [-0.3, -0.25) is 13.9 Å². The highest BCUT2D eigenvalue weighted by molar-refractivity contribution is 7.92. The zero-order chi connectivity index (χ0) is 27.7. The molecule has 0 radical (unpaired) electrons. The van der Waals surface area contributed by atoms with Crippen molar-refractivity contribution >= 4 is 27.5 Å². The predicted molar refractivity (Wildman–Crippen MR) is 151 cm³/mol. The molecule has 0 bridgehead atoms. The van der Waals surface area contributed by atoms with Gasteiger partial charge in [0.1, 0.15) is 12.6 Å². The number of nitrogens with zero attached hydrogens (tertiary/aromatic N) is 2. The van der Waals surface area contributed by atoms with Crippen molar-refractivity contribution in [3.63, 3.8) is 0 Å². The minimum atomic E-state index is -4.07. The van der Waals surface area contributed by atoms with Gasteiger partial charge in [0, 0.05) is 13.1 Å². The van der Waals surface area contributed by atoms with Gasteiger partial charge in [-0.05, 0) is 67.6 Å². The van der Waals surface area contributed by atoms with Crippen LogP contribution in [-0.4, -0.2) is 44.3 Å². The summed E-state index contributed by atoms with van der Waals surface area (Å²) < 4.78 is 28.8. The lowest BCUT2D eigenvalue weighted by molar-refractivity contribution is -0.140. The Kier molecular flexibility index (Phi) is 10.1. The Labute approximate surface area is 226 Å². The third kappa shape index (κ3) is 7.01. The molecule has 0 fully saturated rings. The lowest BCUT2D eigenvalue weighted by Gasteiger charge is -2.33. The summed E-state index contributed by atoms with van der Waals surface area (Å²) in [4.78, 5) is 28.7. The van der Waals surface area contributed by atoms with Gasteiger partial charge in [-0.1, -0.05) is 68.4 Å². The summed E-state index contributed by atoms with van der Waals surface area (Å²) in [6, 6.07) is 22.1. The molecule has 8 heteroatoms. The molecule has 3 aromatic carbocycles. The Hall–Kier alpha value is -3.65. The summed E-state index contributed by atoms with van der Waals surface area (Å²) in [7, 11) is -4.07. The average molecular weight is 536 g/mol. The Morgan fingerprint density at radius 1 is 0.868 bits per heavy atom. The van der Waals surface area contributed by atoms with E-state index in [1.54, 1.807) is 30.3 Å². The van der Waals surface area contributed by atoms with Crippen LogP contribution >= 0.6 is 0 Å². The summed E-state index contributed by atoms with van der Waals surface area (Å²) in [6.07, 6.45) is 1.16. The maximum Gasteiger partial charge on any atom is 0.264 e. The lowest BCUT2D eigenvalue weighted by atomic mass is 10.1. The number of nitrogens with one attached hydrogen (secondary N) is 1. The number of hydrogen-bond acceptors (Lipinski definition) is 4. The summed E-state index contributed by atoms with van der Waals surface area (Å²) in [5, 5.41) is 2.89. The summed E-state index contributed by atoms with van der Waals surface area (Å²) in [5.74, 6) is -0.702. The van der Waals surface area contributed by atoms with Crippen molar-refractivity contribution in [1.82, 2.24) is 10.2 Å². The molecule has 202 valence electrons. The molecular weight excluding hydrogens is 498 g/mol. The Balaban J connectivity index is 2.05. The van der Waals surface area contributed by atoms with Crippen LogP contribution in [0.5, 0.6) is 0 Å². The number of sulfonamides is 1. The molecule has 0 unspecified atom stereocenters. The SMILES string of the molecule is CCCNC(=O)[C@H](CC)N(Cc1ccccc1)C(=O)CN(c1ccc(C)c(C)c1)S(=O)(=O)c1ccccc1. The molecule has 1 N–H and O–H groups in total. The fraction of sp³-hybridized carbons (Fsp3) is 0.333. The number of anilines is 1. The van der Waals surface area contributed by atoms with Gasteiger partial charge in [-0.15, -0.1) is 0 Å². The minimum Gasteiger partial charge on any atom is -0.354 e. The van der Waals surface area contributed by atoms with Crippen LogP contribution in [0, 0.1) is 13.8 Å². The van der Waals surface area contributed by atoms with Crippen LogP contribution in [-0.2, 0) is 26.2 Å². The van der Waals surface area contributed by atoms with Gasteiger partial charge in [0.05, 0.1) is 10.6 Å². The number of aryl methyl sites for hydroxylation is 2. The van der Waals surface area contributed by atoms with E-state index < -0.39 is 28.5 Å². The van der Waals surface area contributed by atoms with E-state index >= 15 is 0 Å². The van der Waals surface area contributed by atoms with Crippen molar-refractivity contribution in [3.05, 3.63) is 95.6 Å². The van der Waals surface area contributed by atoms with E-state index in [1.165, 1.54) is 17.0 Å². The lowest BCUT2D eigenvalue weighted by Crippen LogP contribution is -2.52. The van der Waals surface area contributed by atoms with E-state index in [-0.39, 0.29) is 17.3 Å². The van der Waals surface area contributed by atoms with E-state index in [4.69, 9.17) is 0 Å². The number of amides is 2. The smallest absolute Gasteiger partial charge is 0.264 e. The van der Waals surface area contributed by atoms with Crippen LogP contribution in [0.15, 0.2) is 83.8 Å². The zero-order valence-electron chi connectivity index (χ0n) is 22.6. The Morgan fingerprint density at radius 2 is 1.50 bits per heavy atom. The largest absolute Gasteiger partial charge is 0.354 e. The number of rotatable bonds is 12. The molecule has 0 saturated heterocycles. The first-order valence-corrected chi connectivity index (χ1v) is 14.4. The van der Waals surface area contributed by atoms with Crippen LogP contribution in [0.2, 0.25) is 0 Å². The molecule has 38 heavy (non-hydrogen) atoms. The first-order valence-electron chi connectivity index (χ1n) is 12.9. The minimum absolute atomic E-state index is 0.0911. The van der Waals surface area contributed by atoms with Gasteiger partial charge in [0.25, 0.3) is 10.0 Å².